The highest BCUT2D eigenvalue weighted by molar-refractivity contribution is 5.95. The fourth-order valence-electron chi connectivity index (χ4n) is 3.17. The van der Waals surface area contributed by atoms with E-state index in [2.05, 4.69) is 10.2 Å². The van der Waals surface area contributed by atoms with Crippen LogP contribution in [0.5, 0.6) is 5.75 Å². The molecule has 0 aliphatic carbocycles. The summed E-state index contributed by atoms with van der Waals surface area (Å²) in [6.07, 6.45) is 1.97. The van der Waals surface area contributed by atoms with Crippen molar-refractivity contribution in [1.82, 2.24) is 0 Å². The van der Waals surface area contributed by atoms with Crippen LogP contribution in [0, 0.1) is 6.92 Å². The highest BCUT2D eigenvalue weighted by Crippen LogP contribution is 2.31. The Morgan fingerprint density at radius 1 is 1.32 bits per heavy atom. The van der Waals surface area contributed by atoms with E-state index in [4.69, 9.17) is 10.5 Å². The molecule has 0 fully saturated rings. The lowest BCUT2D eigenvalue weighted by Crippen LogP contribution is -2.37. The van der Waals surface area contributed by atoms with Crippen LogP contribution in [-0.2, 0) is 11.2 Å². The number of benzene rings is 2. The lowest BCUT2D eigenvalue weighted by Gasteiger charge is -2.31. The third kappa shape index (κ3) is 4.17. The fourth-order valence-corrected chi connectivity index (χ4v) is 3.17. The molecule has 3 N–H and O–H groups in total. The summed E-state index contributed by atoms with van der Waals surface area (Å²) < 4.78 is 5.32. The molecule has 1 heterocycles. The summed E-state index contributed by atoms with van der Waals surface area (Å²) in [4.78, 5) is 14.6. The molecule has 1 aliphatic rings. The maximum Gasteiger partial charge on any atom is 0.243 e. The summed E-state index contributed by atoms with van der Waals surface area (Å²) in [6.45, 7) is 3.14. The van der Waals surface area contributed by atoms with Gasteiger partial charge in [0.1, 0.15) is 5.75 Å². The van der Waals surface area contributed by atoms with Gasteiger partial charge in [0.2, 0.25) is 5.91 Å². The number of carbonyl (C=O) groups is 1. The molecule has 0 spiro atoms. The number of anilines is 3. The second-order valence-electron chi connectivity index (χ2n) is 6.12. The number of rotatable bonds is 4. The van der Waals surface area contributed by atoms with Crippen molar-refractivity contribution in [3.8, 4) is 5.75 Å². The number of carbonyl (C=O) groups excluding carboxylic acids is 1. The van der Waals surface area contributed by atoms with Crippen molar-refractivity contribution in [2.24, 2.45) is 0 Å². The molecular weight excluding hydrogens is 338 g/mol. The van der Waals surface area contributed by atoms with Crippen molar-refractivity contribution in [3.63, 3.8) is 0 Å². The third-order valence-corrected chi connectivity index (χ3v) is 4.35. The number of nitrogens with zero attached hydrogens (tertiary/aromatic N) is 1. The Morgan fingerprint density at radius 3 is 2.88 bits per heavy atom. The average molecular weight is 362 g/mol. The van der Waals surface area contributed by atoms with Gasteiger partial charge in [-0.3, -0.25) is 4.79 Å². The molecule has 0 unspecified atom stereocenters. The predicted molar refractivity (Wildman–Crippen MR) is 105 cm³/mol. The summed E-state index contributed by atoms with van der Waals surface area (Å²) >= 11 is 0. The van der Waals surface area contributed by atoms with Gasteiger partial charge < -0.3 is 20.7 Å². The summed E-state index contributed by atoms with van der Waals surface area (Å²) in [5.41, 5.74) is 10.9. The molecule has 0 atom stereocenters. The first-order chi connectivity index (χ1) is 11.6. The minimum atomic E-state index is -0.0609. The lowest BCUT2D eigenvalue weighted by molar-refractivity contribution is -0.115. The highest BCUT2D eigenvalue weighted by atomic mass is 35.5. The van der Waals surface area contributed by atoms with Crippen molar-refractivity contribution in [3.05, 3.63) is 47.5 Å². The zero-order valence-electron chi connectivity index (χ0n) is 14.5. The van der Waals surface area contributed by atoms with Crippen LogP contribution >= 0.6 is 12.4 Å². The largest absolute Gasteiger partial charge is 0.495 e. The Morgan fingerprint density at radius 2 is 2.12 bits per heavy atom. The zero-order chi connectivity index (χ0) is 17.1. The van der Waals surface area contributed by atoms with E-state index in [-0.39, 0.29) is 18.3 Å². The van der Waals surface area contributed by atoms with E-state index in [1.165, 1.54) is 0 Å². The zero-order valence-corrected chi connectivity index (χ0v) is 15.4. The Bertz CT molecular complexity index is 764. The van der Waals surface area contributed by atoms with Crippen LogP contribution in [0.3, 0.4) is 0 Å². The number of fused-ring (bicyclic) bond motifs is 1. The van der Waals surface area contributed by atoms with E-state index in [9.17, 15) is 4.79 Å². The molecule has 2 aromatic carbocycles. The van der Waals surface area contributed by atoms with Crippen LogP contribution < -0.4 is 20.7 Å². The minimum Gasteiger partial charge on any atom is -0.495 e. The number of amides is 1. The van der Waals surface area contributed by atoms with E-state index in [0.29, 0.717) is 18.0 Å². The topological polar surface area (TPSA) is 67.6 Å². The first kappa shape index (κ1) is 18.9. The molecule has 0 saturated heterocycles. The van der Waals surface area contributed by atoms with Crippen molar-refractivity contribution in [2.75, 3.05) is 36.1 Å². The van der Waals surface area contributed by atoms with Gasteiger partial charge in [-0.05, 0) is 55.2 Å². The number of methoxy groups -OCH3 is 1. The Kier molecular flexibility index (Phi) is 6.15. The first-order valence-corrected chi connectivity index (χ1v) is 8.15. The summed E-state index contributed by atoms with van der Waals surface area (Å²) in [5, 5.41) is 2.96. The van der Waals surface area contributed by atoms with E-state index in [1.807, 2.05) is 43.3 Å². The van der Waals surface area contributed by atoms with Gasteiger partial charge >= 0.3 is 0 Å². The van der Waals surface area contributed by atoms with Crippen molar-refractivity contribution in [1.29, 1.82) is 0 Å². The number of ether oxygens (including phenoxy) is 1. The van der Waals surface area contributed by atoms with Crippen molar-refractivity contribution >= 4 is 35.4 Å². The van der Waals surface area contributed by atoms with E-state index >= 15 is 0 Å². The smallest absolute Gasteiger partial charge is 0.243 e. The molecule has 6 heteroatoms. The lowest BCUT2D eigenvalue weighted by atomic mass is 10.00. The molecule has 1 amide bonds. The van der Waals surface area contributed by atoms with Gasteiger partial charge in [-0.15, -0.1) is 12.4 Å². The number of halogens is 1. The van der Waals surface area contributed by atoms with Crippen molar-refractivity contribution in [2.45, 2.75) is 19.8 Å². The molecule has 0 saturated carbocycles. The second-order valence-corrected chi connectivity index (χ2v) is 6.12. The van der Waals surface area contributed by atoms with Crippen LogP contribution in [0.4, 0.5) is 17.1 Å². The third-order valence-electron chi connectivity index (χ3n) is 4.35. The molecule has 0 bridgehead atoms. The monoisotopic (exact) mass is 361 g/mol. The molecule has 5 nitrogen and oxygen atoms in total. The number of nitrogens with one attached hydrogen (secondary N) is 1. The highest BCUT2D eigenvalue weighted by Gasteiger charge is 2.21. The molecule has 134 valence electrons. The SMILES string of the molecule is COc1ccc(C)cc1NC(=O)CN1CCCc2c(N)cccc21.Cl. The van der Waals surface area contributed by atoms with Crippen LogP contribution in [0.2, 0.25) is 0 Å². The number of nitrogens with two attached hydrogens (primary N) is 1. The van der Waals surface area contributed by atoms with Gasteiger partial charge in [0.15, 0.2) is 0 Å². The van der Waals surface area contributed by atoms with E-state index in [1.54, 1.807) is 7.11 Å². The molecule has 25 heavy (non-hydrogen) atoms. The van der Waals surface area contributed by atoms with E-state index in [0.717, 1.165) is 41.9 Å². The number of hydrogen-bond acceptors (Lipinski definition) is 4. The average Bonchev–Trinajstić information content (AvgIpc) is 2.56. The van der Waals surface area contributed by atoms with Crippen LogP contribution in [0.1, 0.15) is 17.5 Å². The van der Waals surface area contributed by atoms with Crippen LogP contribution in [0.25, 0.3) is 0 Å². The van der Waals surface area contributed by atoms with E-state index < -0.39 is 0 Å². The number of nitrogen functional groups attached to an aromatic ring is 1. The van der Waals surface area contributed by atoms with Crippen molar-refractivity contribution < 1.29 is 9.53 Å². The quantitative estimate of drug-likeness (QED) is 0.819. The summed E-state index contributed by atoms with van der Waals surface area (Å²) in [7, 11) is 1.60. The van der Waals surface area contributed by atoms with Crippen LogP contribution in [0.15, 0.2) is 36.4 Å². The Labute approximate surface area is 154 Å². The van der Waals surface area contributed by atoms with Gasteiger partial charge in [-0.1, -0.05) is 12.1 Å². The maximum absolute atomic E-state index is 12.5. The van der Waals surface area contributed by atoms with Gasteiger partial charge in [-0.25, -0.2) is 0 Å². The van der Waals surface area contributed by atoms with Gasteiger partial charge in [0.25, 0.3) is 0 Å². The Hall–Kier alpha value is -2.40. The summed E-state index contributed by atoms with van der Waals surface area (Å²) in [6, 6.07) is 11.6. The second kappa shape index (κ2) is 8.12. The van der Waals surface area contributed by atoms with Crippen LogP contribution in [-0.4, -0.2) is 26.1 Å². The first-order valence-electron chi connectivity index (χ1n) is 8.15. The Balaban J connectivity index is 0.00000225. The minimum absolute atomic E-state index is 0. The normalized spacial score (nSPS) is 12.8. The molecule has 3 rings (SSSR count). The molecule has 0 radical (unpaired) electrons. The molecule has 1 aliphatic heterocycles. The standard InChI is InChI=1S/C19H23N3O2.ClH/c1-13-8-9-18(24-2)16(11-13)21-19(23)12-22-10-4-5-14-15(20)6-3-7-17(14)22;/h3,6-9,11H,4-5,10,12,20H2,1-2H3,(H,21,23);1H. The molecular formula is C19H24ClN3O2. The van der Waals surface area contributed by atoms with Gasteiger partial charge in [0, 0.05) is 17.9 Å². The maximum atomic E-state index is 12.5. The molecule has 2 aromatic rings. The fraction of sp³-hybridized carbons (Fsp3) is 0.316. The van der Waals surface area contributed by atoms with Gasteiger partial charge in [-0.2, -0.15) is 0 Å². The number of aryl methyl sites for hydroxylation is 1. The molecule has 0 aromatic heterocycles. The van der Waals surface area contributed by atoms with Gasteiger partial charge in [0.05, 0.1) is 19.3 Å². The number of hydrogen-bond donors (Lipinski definition) is 2. The summed E-state index contributed by atoms with van der Waals surface area (Å²) in [5.74, 6) is 0.603. The predicted octanol–water partition coefficient (Wildman–Crippen LogP) is 3.40.